The number of fused-ring (bicyclic) bond motifs is 3. The zero-order valence-corrected chi connectivity index (χ0v) is 18.1. The number of rotatable bonds is 2. The number of aliphatic hydroxyl groups excluding tert-OH is 1. The summed E-state index contributed by atoms with van der Waals surface area (Å²) in [7, 11) is 0. The molecular formula is C22H34O6. The number of ketones is 1. The third-order valence-corrected chi connectivity index (χ3v) is 7.77. The van der Waals surface area contributed by atoms with Crippen LogP contribution in [0.15, 0.2) is 11.6 Å². The van der Waals surface area contributed by atoms with Crippen molar-refractivity contribution in [3.63, 3.8) is 0 Å². The first-order valence-corrected chi connectivity index (χ1v) is 10.2. The smallest absolute Gasteiger partial charge is 0.303 e. The van der Waals surface area contributed by atoms with Gasteiger partial charge in [-0.25, -0.2) is 0 Å². The molecule has 6 atom stereocenters. The number of ether oxygens (including phenoxy) is 2. The van der Waals surface area contributed by atoms with E-state index in [0.29, 0.717) is 19.3 Å². The number of esters is 1. The largest absolute Gasteiger partial charge is 0.455 e. The van der Waals surface area contributed by atoms with E-state index in [1.54, 1.807) is 13.8 Å². The van der Waals surface area contributed by atoms with Gasteiger partial charge in [0, 0.05) is 13.3 Å². The molecule has 3 aliphatic rings. The number of carbonyl (C=O) groups excluding carboxylic acids is 2. The van der Waals surface area contributed by atoms with Crippen molar-refractivity contribution in [2.24, 2.45) is 10.8 Å². The highest BCUT2D eigenvalue weighted by Gasteiger charge is 2.76. The van der Waals surface area contributed by atoms with Crippen LogP contribution < -0.4 is 0 Å². The van der Waals surface area contributed by atoms with Crippen LogP contribution in [-0.4, -0.2) is 51.0 Å². The molecule has 2 N–H and O–H groups in total. The molecule has 2 aliphatic carbocycles. The van der Waals surface area contributed by atoms with Crippen LogP contribution in [0.1, 0.15) is 74.1 Å². The lowest BCUT2D eigenvalue weighted by molar-refractivity contribution is -0.313. The van der Waals surface area contributed by atoms with Crippen LogP contribution in [0.4, 0.5) is 0 Å². The fourth-order valence-corrected chi connectivity index (χ4v) is 5.91. The normalized spacial score (nSPS) is 47.6. The highest BCUT2D eigenvalue weighted by atomic mass is 16.6. The Kier molecular flexibility index (Phi) is 4.70. The van der Waals surface area contributed by atoms with Crippen molar-refractivity contribution < 1.29 is 29.3 Å². The average molecular weight is 395 g/mol. The second-order valence-corrected chi connectivity index (χ2v) is 10.1. The van der Waals surface area contributed by atoms with E-state index in [1.807, 2.05) is 33.8 Å². The molecular weight excluding hydrogens is 360 g/mol. The van der Waals surface area contributed by atoms with Gasteiger partial charge in [0.25, 0.3) is 0 Å². The van der Waals surface area contributed by atoms with Crippen LogP contribution >= 0.6 is 0 Å². The van der Waals surface area contributed by atoms with Crippen LogP contribution in [-0.2, 0) is 19.1 Å². The number of hydrogen-bond donors (Lipinski definition) is 2. The number of Topliss-reactive ketones (excluding diaryl/α,β-unsaturated/α-hetero) is 1. The minimum absolute atomic E-state index is 0.0401. The third kappa shape index (κ3) is 2.50. The van der Waals surface area contributed by atoms with Gasteiger partial charge in [0.15, 0.2) is 17.5 Å². The van der Waals surface area contributed by atoms with E-state index in [4.69, 9.17) is 9.47 Å². The van der Waals surface area contributed by atoms with Crippen molar-refractivity contribution >= 4 is 11.8 Å². The molecule has 0 aromatic rings. The van der Waals surface area contributed by atoms with Crippen LogP contribution in [0.5, 0.6) is 0 Å². The molecule has 28 heavy (non-hydrogen) atoms. The molecule has 6 nitrogen and oxygen atoms in total. The maximum atomic E-state index is 13.6. The Balaban J connectivity index is 2.33. The van der Waals surface area contributed by atoms with Gasteiger partial charge in [-0.15, -0.1) is 0 Å². The summed E-state index contributed by atoms with van der Waals surface area (Å²) in [5.41, 5.74) is -5.15. The summed E-state index contributed by atoms with van der Waals surface area (Å²) in [5.74, 6) is -0.879. The molecule has 1 aliphatic heterocycles. The Morgan fingerprint density at radius 3 is 2.43 bits per heavy atom. The standard InChI is InChI=1S/C22H34O6/c1-8-19(5)12-16(25)22(26)20(6)14(18(3,4)10-9-15(20)24)11-17(27-13(2)23)21(22,7)28-19/h11,15,17,24,26H,8-10,12H2,1-7H3/t15-,17-,19-,20+,21+,22+/m0/s1. The van der Waals surface area contributed by atoms with E-state index in [0.717, 1.165) is 5.57 Å². The molecule has 1 heterocycles. The molecule has 3 rings (SSSR count). The number of carbonyl (C=O) groups is 2. The van der Waals surface area contributed by atoms with Gasteiger partial charge >= 0.3 is 5.97 Å². The molecule has 0 amide bonds. The minimum atomic E-state index is -2.02. The van der Waals surface area contributed by atoms with E-state index >= 15 is 0 Å². The highest BCUT2D eigenvalue weighted by Crippen LogP contribution is 2.64. The van der Waals surface area contributed by atoms with E-state index in [-0.39, 0.29) is 17.6 Å². The lowest BCUT2D eigenvalue weighted by Crippen LogP contribution is -2.81. The summed E-state index contributed by atoms with van der Waals surface area (Å²) < 4.78 is 12.0. The SMILES string of the molecule is CC[C@@]1(C)CC(=O)[C@]2(O)[C@](C)(O1)[C@@H](OC(C)=O)C=C1C(C)(C)CC[C@H](O)[C@@]12C. The van der Waals surface area contributed by atoms with Gasteiger partial charge < -0.3 is 19.7 Å². The average Bonchev–Trinajstić information content (AvgIpc) is 2.57. The van der Waals surface area contributed by atoms with Gasteiger partial charge in [0.2, 0.25) is 0 Å². The van der Waals surface area contributed by atoms with Crippen molar-refractivity contribution in [2.75, 3.05) is 0 Å². The van der Waals surface area contributed by atoms with Crippen LogP contribution in [0.2, 0.25) is 0 Å². The van der Waals surface area contributed by atoms with Crippen molar-refractivity contribution in [2.45, 2.75) is 103 Å². The summed E-state index contributed by atoms with van der Waals surface area (Å²) in [4.78, 5) is 25.5. The van der Waals surface area contributed by atoms with E-state index in [1.165, 1.54) is 6.92 Å². The predicted molar refractivity (Wildman–Crippen MR) is 104 cm³/mol. The zero-order valence-electron chi connectivity index (χ0n) is 18.1. The maximum absolute atomic E-state index is 13.6. The first kappa shape index (κ1) is 21.5. The molecule has 0 unspecified atom stereocenters. The van der Waals surface area contributed by atoms with Gasteiger partial charge in [-0.1, -0.05) is 26.3 Å². The second-order valence-electron chi connectivity index (χ2n) is 10.1. The predicted octanol–water partition coefficient (Wildman–Crippen LogP) is 2.69. The molecule has 2 fully saturated rings. The Labute approximate surface area is 167 Å². The lowest BCUT2D eigenvalue weighted by Gasteiger charge is -2.67. The minimum Gasteiger partial charge on any atom is -0.455 e. The first-order chi connectivity index (χ1) is 12.7. The molecule has 158 valence electrons. The van der Waals surface area contributed by atoms with Gasteiger partial charge in [-0.05, 0) is 51.5 Å². The van der Waals surface area contributed by atoms with Crippen molar-refractivity contribution in [3.8, 4) is 0 Å². The summed E-state index contributed by atoms with van der Waals surface area (Å²) in [6, 6.07) is 0. The highest BCUT2D eigenvalue weighted by molar-refractivity contribution is 5.93. The zero-order chi connectivity index (χ0) is 21.3. The summed E-state index contributed by atoms with van der Waals surface area (Å²) in [6.07, 6.45) is 1.75. The molecule has 0 spiro atoms. The van der Waals surface area contributed by atoms with Crippen LogP contribution in [0.25, 0.3) is 0 Å². The molecule has 6 heteroatoms. The molecule has 0 bridgehead atoms. The molecule has 0 aromatic carbocycles. The lowest BCUT2D eigenvalue weighted by atomic mass is 9.44. The topological polar surface area (TPSA) is 93.1 Å². The van der Waals surface area contributed by atoms with Crippen molar-refractivity contribution in [1.29, 1.82) is 0 Å². The fourth-order valence-electron chi connectivity index (χ4n) is 5.91. The van der Waals surface area contributed by atoms with E-state index in [2.05, 4.69) is 0 Å². The Morgan fingerprint density at radius 1 is 1.29 bits per heavy atom. The monoisotopic (exact) mass is 394 g/mol. The fraction of sp³-hybridized carbons (Fsp3) is 0.818. The Morgan fingerprint density at radius 2 is 1.89 bits per heavy atom. The van der Waals surface area contributed by atoms with E-state index in [9.17, 15) is 19.8 Å². The van der Waals surface area contributed by atoms with Crippen molar-refractivity contribution in [3.05, 3.63) is 11.6 Å². The number of aliphatic hydroxyl groups is 2. The summed E-state index contributed by atoms with van der Waals surface area (Å²) >= 11 is 0. The molecule has 1 saturated heterocycles. The van der Waals surface area contributed by atoms with Gasteiger partial charge in [0.05, 0.1) is 17.1 Å². The van der Waals surface area contributed by atoms with Gasteiger partial charge in [-0.2, -0.15) is 0 Å². The van der Waals surface area contributed by atoms with E-state index < -0.39 is 40.4 Å². The Bertz CT molecular complexity index is 741. The van der Waals surface area contributed by atoms with Crippen LogP contribution in [0.3, 0.4) is 0 Å². The Hall–Kier alpha value is -1.24. The maximum Gasteiger partial charge on any atom is 0.303 e. The summed E-state index contributed by atoms with van der Waals surface area (Å²) in [6.45, 7) is 12.5. The molecule has 0 aromatic heterocycles. The van der Waals surface area contributed by atoms with Crippen molar-refractivity contribution in [1.82, 2.24) is 0 Å². The first-order valence-electron chi connectivity index (χ1n) is 10.2. The molecule has 0 radical (unpaired) electrons. The summed E-state index contributed by atoms with van der Waals surface area (Å²) in [5, 5.41) is 23.2. The van der Waals surface area contributed by atoms with Gasteiger partial charge in [0.1, 0.15) is 5.60 Å². The third-order valence-electron chi connectivity index (χ3n) is 7.77. The van der Waals surface area contributed by atoms with Gasteiger partial charge in [-0.3, -0.25) is 9.59 Å². The number of hydrogen-bond acceptors (Lipinski definition) is 6. The molecule has 1 saturated carbocycles. The van der Waals surface area contributed by atoms with Crippen LogP contribution in [0, 0.1) is 10.8 Å². The second kappa shape index (κ2) is 6.13. The quantitative estimate of drug-likeness (QED) is 0.553.